The number of morpholine rings is 1. The number of aromatic nitrogens is 2. The summed E-state index contributed by atoms with van der Waals surface area (Å²) in [6.45, 7) is 6.47. The molecule has 0 radical (unpaired) electrons. The summed E-state index contributed by atoms with van der Waals surface area (Å²) in [5.41, 5.74) is 0.794. The van der Waals surface area contributed by atoms with Crippen LogP contribution in [0.5, 0.6) is 0 Å². The fourth-order valence-corrected chi connectivity index (χ4v) is 2.54. The standard InChI is InChI=1S/C15H22N4O4/c20-7-4-19(3-2-18-5-9-21-10-6-18)11-14-16-15(17-23-14)13-1-8-22-12-13/h1,8,12,20H,2-7,9-11H2. The van der Waals surface area contributed by atoms with Crippen molar-refractivity contribution < 1.29 is 18.8 Å². The van der Waals surface area contributed by atoms with E-state index in [2.05, 4.69) is 19.9 Å². The van der Waals surface area contributed by atoms with E-state index in [1.54, 1.807) is 18.6 Å². The predicted molar refractivity (Wildman–Crippen MR) is 81.6 cm³/mol. The second-order valence-corrected chi connectivity index (χ2v) is 5.48. The summed E-state index contributed by atoms with van der Waals surface area (Å²) in [5, 5.41) is 13.2. The van der Waals surface area contributed by atoms with Crippen LogP contribution in [0.15, 0.2) is 27.5 Å². The molecule has 1 fully saturated rings. The summed E-state index contributed by atoms with van der Waals surface area (Å²) >= 11 is 0. The van der Waals surface area contributed by atoms with Crippen molar-refractivity contribution >= 4 is 0 Å². The third-order valence-electron chi connectivity index (χ3n) is 3.86. The Kier molecular flexibility index (Phi) is 5.76. The number of hydrogen-bond acceptors (Lipinski definition) is 8. The first-order valence-corrected chi connectivity index (χ1v) is 7.83. The van der Waals surface area contributed by atoms with E-state index in [1.165, 1.54) is 0 Å². The van der Waals surface area contributed by atoms with Crippen LogP contribution in [0.1, 0.15) is 5.89 Å². The molecule has 1 N–H and O–H groups in total. The smallest absolute Gasteiger partial charge is 0.241 e. The van der Waals surface area contributed by atoms with Gasteiger partial charge in [-0.25, -0.2) is 0 Å². The van der Waals surface area contributed by atoms with Crippen LogP contribution < -0.4 is 0 Å². The van der Waals surface area contributed by atoms with E-state index in [0.717, 1.165) is 45.0 Å². The van der Waals surface area contributed by atoms with Gasteiger partial charge >= 0.3 is 0 Å². The van der Waals surface area contributed by atoms with Crippen molar-refractivity contribution in [2.45, 2.75) is 6.54 Å². The molecule has 0 atom stereocenters. The third-order valence-corrected chi connectivity index (χ3v) is 3.86. The second kappa shape index (κ2) is 8.21. The molecule has 1 saturated heterocycles. The molecule has 2 aromatic rings. The summed E-state index contributed by atoms with van der Waals surface area (Å²) in [6, 6.07) is 1.79. The van der Waals surface area contributed by atoms with E-state index >= 15 is 0 Å². The molecule has 0 bridgehead atoms. The number of rotatable bonds is 8. The molecule has 1 aliphatic rings. The van der Waals surface area contributed by atoms with Gasteiger partial charge in [0, 0.05) is 32.7 Å². The van der Waals surface area contributed by atoms with E-state index in [1.807, 2.05) is 0 Å². The largest absolute Gasteiger partial charge is 0.472 e. The van der Waals surface area contributed by atoms with Crippen molar-refractivity contribution in [1.82, 2.24) is 19.9 Å². The molecular formula is C15H22N4O4. The lowest BCUT2D eigenvalue weighted by Crippen LogP contribution is -2.41. The molecule has 3 heterocycles. The molecule has 0 aliphatic carbocycles. The van der Waals surface area contributed by atoms with Gasteiger partial charge in [0.15, 0.2) is 0 Å². The van der Waals surface area contributed by atoms with Crippen LogP contribution in [0.4, 0.5) is 0 Å². The molecular weight excluding hydrogens is 300 g/mol. The minimum atomic E-state index is 0.103. The van der Waals surface area contributed by atoms with E-state index in [9.17, 15) is 5.11 Å². The zero-order valence-electron chi connectivity index (χ0n) is 13.1. The summed E-state index contributed by atoms with van der Waals surface area (Å²) in [7, 11) is 0. The van der Waals surface area contributed by atoms with Gasteiger partial charge in [-0.1, -0.05) is 5.16 Å². The maximum Gasteiger partial charge on any atom is 0.241 e. The highest BCUT2D eigenvalue weighted by Crippen LogP contribution is 2.16. The van der Waals surface area contributed by atoms with Gasteiger partial charge in [0.05, 0.1) is 38.2 Å². The van der Waals surface area contributed by atoms with Crippen molar-refractivity contribution in [3.8, 4) is 11.4 Å². The first-order chi connectivity index (χ1) is 11.3. The molecule has 23 heavy (non-hydrogen) atoms. The zero-order valence-corrected chi connectivity index (χ0v) is 13.1. The second-order valence-electron chi connectivity index (χ2n) is 5.48. The van der Waals surface area contributed by atoms with Gasteiger partial charge in [0.1, 0.15) is 6.26 Å². The van der Waals surface area contributed by atoms with Crippen molar-refractivity contribution in [2.75, 3.05) is 52.5 Å². The molecule has 3 rings (SSSR count). The van der Waals surface area contributed by atoms with Gasteiger partial charge in [0.25, 0.3) is 0 Å². The number of hydrogen-bond donors (Lipinski definition) is 1. The number of nitrogens with zero attached hydrogens (tertiary/aromatic N) is 4. The Morgan fingerprint density at radius 3 is 2.87 bits per heavy atom. The Morgan fingerprint density at radius 2 is 2.13 bits per heavy atom. The Hall–Kier alpha value is -1.74. The summed E-state index contributed by atoms with van der Waals surface area (Å²) in [5.74, 6) is 1.06. The van der Waals surface area contributed by atoms with Crippen LogP contribution in [0.2, 0.25) is 0 Å². The fourth-order valence-electron chi connectivity index (χ4n) is 2.54. The molecule has 0 amide bonds. The van der Waals surface area contributed by atoms with Crippen molar-refractivity contribution in [3.05, 3.63) is 24.5 Å². The fraction of sp³-hybridized carbons (Fsp3) is 0.600. The van der Waals surface area contributed by atoms with Crippen LogP contribution in [-0.2, 0) is 11.3 Å². The summed E-state index contributed by atoms with van der Waals surface area (Å²) in [4.78, 5) is 8.85. The first-order valence-electron chi connectivity index (χ1n) is 7.83. The van der Waals surface area contributed by atoms with Gasteiger partial charge in [0.2, 0.25) is 11.7 Å². The number of furan rings is 1. The minimum absolute atomic E-state index is 0.103. The Labute approximate surface area is 134 Å². The van der Waals surface area contributed by atoms with Gasteiger partial charge in [-0.05, 0) is 6.07 Å². The molecule has 0 unspecified atom stereocenters. The maximum absolute atomic E-state index is 9.25. The van der Waals surface area contributed by atoms with Gasteiger partial charge < -0.3 is 18.8 Å². The summed E-state index contributed by atoms with van der Waals surface area (Å²) in [6.07, 6.45) is 3.16. The molecule has 0 spiro atoms. The van der Waals surface area contributed by atoms with Crippen molar-refractivity contribution in [1.29, 1.82) is 0 Å². The van der Waals surface area contributed by atoms with Crippen LogP contribution in [0.3, 0.4) is 0 Å². The molecule has 8 nitrogen and oxygen atoms in total. The quantitative estimate of drug-likeness (QED) is 0.750. The normalized spacial score (nSPS) is 16.3. The predicted octanol–water partition coefficient (Wildman–Crippen LogP) is 0.456. The molecule has 126 valence electrons. The van der Waals surface area contributed by atoms with Crippen molar-refractivity contribution in [3.63, 3.8) is 0 Å². The molecule has 0 saturated carbocycles. The zero-order chi connectivity index (χ0) is 15.9. The average molecular weight is 322 g/mol. The van der Waals surface area contributed by atoms with Gasteiger partial charge in [-0.3, -0.25) is 9.80 Å². The third kappa shape index (κ3) is 4.61. The highest BCUT2D eigenvalue weighted by molar-refractivity contribution is 5.51. The Bertz CT molecular complexity index is 566. The van der Waals surface area contributed by atoms with Crippen LogP contribution in [0, 0.1) is 0 Å². The average Bonchev–Trinajstić information content (AvgIpc) is 3.25. The monoisotopic (exact) mass is 322 g/mol. The minimum Gasteiger partial charge on any atom is -0.472 e. The lowest BCUT2D eigenvalue weighted by atomic mass is 10.3. The summed E-state index contributed by atoms with van der Waals surface area (Å²) < 4.78 is 15.7. The van der Waals surface area contributed by atoms with E-state index in [-0.39, 0.29) is 6.61 Å². The van der Waals surface area contributed by atoms with Crippen LogP contribution >= 0.6 is 0 Å². The van der Waals surface area contributed by atoms with Crippen LogP contribution in [-0.4, -0.2) is 77.6 Å². The van der Waals surface area contributed by atoms with Gasteiger partial charge in [-0.15, -0.1) is 0 Å². The SMILES string of the molecule is OCCN(CCN1CCOCC1)Cc1nc(-c2ccoc2)no1. The van der Waals surface area contributed by atoms with E-state index in [4.69, 9.17) is 13.7 Å². The number of aliphatic hydroxyl groups excluding tert-OH is 1. The molecule has 2 aromatic heterocycles. The van der Waals surface area contributed by atoms with Crippen LogP contribution in [0.25, 0.3) is 11.4 Å². The first kappa shape index (κ1) is 16.1. The molecule has 1 aliphatic heterocycles. The number of ether oxygens (including phenoxy) is 1. The lowest BCUT2D eigenvalue weighted by molar-refractivity contribution is 0.0314. The Balaban J connectivity index is 1.54. The molecule has 8 heteroatoms. The molecule has 0 aromatic carbocycles. The van der Waals surface area contributed by atoms with E-state index in [0.29, 0.717) is 24.8 Å². The maximum atomic E-state index is 9.25. The van der Waals surface area contributed by atoms with Gasteiger partial charge in [-0.2, -0.15) is 4.98 Å². The number of aliphatic hydroxyl groups is 1. The van der Waals surface area contributed by atoms with Crippen molar-refractivity contribution in [2.24, 2.45) is 0 Å². The topological polar surface area (TPSA) is 88.0 Å². The lowest BCUT2D eigenvalue weighted by Gasteiger charge is -2.29. The Morgan fingerprint density at radius 1 is 1.26 bits per heavy atom. The highest BCUT2D eigenvalue weighted by Gasteiger charge is 2.16. The highest BCUT2D eigenvalue weighted by atomic mass is 16.5. The van der Waals surface area contributed by atoms with E-state index < -0.39 is 0 Å².